The minimum absolute atomic E-state index is 0.364. The quantitative estimate of drug-likeness (QED) is 0.121. The van der Waals surface area contributed by atoms with E-state index in [0.717, 1.165) is 91.1 Å². The first-order chi connectivity index (χ1) is 25.4. The fourth-order valence-electron chi connectivity index (χ4n) is 6.39. The van der Waals surface area contributed by atoms with Crippen molar-refractivity contribution >= 4 is 39.6 Å². The zero-order valence-corrected chi connectivity index (χ0v) is 28.5. The Morgan fingerprint density at radius 1 is 0.500 bits per heavy atom. The minimum Gasteiger partial charge on any atom is -0.427 e. The first-order valence-corrected chi connectivity index (χ1v) is 17.0. The molecule has 0 unspecified atom stereocenters. The van der Waals surface area contributed by atoms with Gasteiger partial charge in [-0.1, -0.05) is 60.7 Å². The summed E-state index contributed by atoms with van der Waals surface area (Å²) in [5, 5.41) is 0. The van der Waals surface area contributed by atoms with Crippen LogP contribution in [0, 0.1) is 0 Å². The SMILES string of the molecule is CC(=O)Oc1ccc(-c2nc3ccc(-c4ccc5nc(-c6ccccc6)c(-c6ccc(OC(C)=O)cc6)nc5c4)cc3nc2C2=CC=CCC2)cc1. The van der Waals surface area contributed by atoms with Crippen LogP contribution in [0.15, 0.2) is 133 Å². The molecule has 0 atom stereocenters. The Labute approximate surface area is 300 Å². The Kier molecular flexibility index (Phi) is 8.63. The molecule has 2 heterocycles. The molecule has 0 bridgehead atoms. The standard InChI is InChI=1S/C44H32N4O4/c1-27(49)51-35-19-13-31(14-20-35)43-42(30-11-7-4-8-12-30)47-39-25-33(18-24-38(39)46-43)34-17-23-37-40(26-34)48-44(41(45-37)29-9-5-3-6-10-29)32-15-21-36(22-16-32)52-28(2)50/h3-7,9-11,13-26H,8,12H2,1-2H3. The predicted octanol–water partition coefficient (Wildman–Crippen LogP) is 9.82. The Morgan fingerprint density at radius 2 is 0.942 bits per heavy atom. The highest BCUT2D eigenvalue weighted by atomic mass is 16.5. The molecule has 8 nitrogen and oxygen atoms in total. The molecular weight excluding hydrogens is 649 g/mol. The highest BCUT2D eigenvalue weighted by Crippen LogP contribution is 2.36. The molecule has 0 N–H and O–H groups in total. The normalized spacial score (nSPS) is 12.5. The molecule has 0 radical (unpaired) electrons. The molecule has 1 aliphatic rings. The van der Waals surface area contributed by atoms with Gasteiger partial charge in [-0.05, 0) is 102 Å². The minimum atomic E-state index is -0.373. The molecule has 2 aromatic heterocycles. The van der Waals surface area contributed by atoms with Crippen LogP contribution in [0.25, 0.3) is 72.5 Å². The van der Waals surface area contributed by atoms with Crippen LogP contribution < -0.4 is 9.47 Å². The highest BCUT2D eigenvalue weighted by Gasteiger charge is 2.18. The molecule has 0 spiro atoms. The Bertz CT molecular complexity index is 2560. The van der Waals surface area contributed by atoms with Crippen molar-refractivity contribution in [2.75, 3.05) is 0 Å². The van der Waals surface area contributed by atoms with Crippen molar-refractivity contribution in [3.63, 3.8) is 0 Å². The van der Waals surface area contributed by atoms with Gasteiger partial charge in [0.1, 0.15) is 11.5 Å². The zero-order valence-electron chi connectivity index (χ0n) is 28.5. The summed E-state index contributed by atoms with van der Waals surface area (Å²) in [6, 6.07) is 36.9. The van der Waals surface area contributed by atoms with Crippen molar-refractivity contribution in [1.82, 2.24) is 19.9 Å². The van der Waals surface area contributed by atoms with Crippen LogP contribution in [-0.2, 0) is 9.59 Å². The van der Waals surface area contributed by atoms with E-state index in [-0.39, 0.29) is 11.9 Å². The Morgan fingerprint density at radius 3 is 1.42 bits per heavy atom. The first-order valence-electron chi connectivity index (χ1n) is 17.0. The van der Waals surface area contributed by atoms with E-state index in [1.165, 1.54) is 13.8 Å². The van der Waals surface area contributed by atoms with E-state index in [2.05, 4.69) is 42.5 Å². The maximum atomic E-state index is 11.5. The van der Waals surface area contributed by atoms with Crippen LogP contribution in [0.2, 0.25) is 0 Å². The number of ether oxygens (including phenoxy) is 2. The van der Waals surface area contributed by atoms with Crippen LogP contribution in [0.5, 0.6) is 11.5 Å². The summed E-state index contributed by atoms with van der Waals surface area (Å²) >= 11 is 0. The number of nitrogens with zero attached hydrogens (tertiary/aromatic N) is 4. The number of allylic oxidation sites excluding steroid dienone is 4. The van der Waals surface area contributed by atoms with Crippen molar-refractivity contribution in [3.05, 3.63) is 139 Å². The highest BCUT2D eigenvalue weighted by molar-refractivity contribution is 5.92. The lowest BCUT2D eigenvalue weighted by molar-refractivity contribution is -0.132. The largest absolute Gasteiger partial charge is 0.427 e. The first kappa shape index (κ1) is 32.4. The molecule has 0 fully saturated rings. The van der Waals surface area contributed by atoms with Gasteiger partial charge >= 0.3 is 11.9 Å². The maximum absolute atomic E-state index is 11.5. The molecule has 0 aliphatic heterocycles. The maximum Gasteiger partial charge on any atom is 0.308 e. The molecule has 252 valence electrons. The summed E-state index contributed by atoms with van der Waals surface area (Å²) in [7, 11) is 0. The summed E-state index contributed by atoms with van der Waals surface area (Å²) < 4.78 is 10.5. The topological polar surface area (TPSA) is 104 Å². The lowest BCUT2D eigenvalue weighted by Gasteiger charge is -2.15. The van der Waals surface area contributed by atoms with Crippen molar-refractivity contribution in [3.8, 4) is 56.4 Å². The number of hydrogen-bond acceptors (Lipinski definition) is 8. The van der Waals surface area contributed by atoms with Gasteiger partial charge in [-0.3, -0.25) is 9.59 Å². The summed E-state index contributed by atoms with van der Waals surface area (Å²) in [6.07, 6.45) is 8.11. The number of fused-ring (bicyclic) bond motifs is 2. The molecule has 8 rings (SSSR count). The molecule has 8 heteroatoms. The third-order valence-electron chi connectivity index (χ3n) is 8.81. The lowest BCUT2D eigenvalue weighted by atomic mass is 9.97. The zero-order chi connectivity index (χ0) is 35.6. The fraction of sp³-hybridized carbons (Fsp3) is 0.0909. The average molecular weight is 681 g/mol. The molecule has 7 aromatic rings. The second kappa shape index (κ2) is 13.8. The number of carbonyl (C=O) groups is 2. The van der Waals surface area contributed by atoms with E-state index >= 15 is 0 Å². The average Bonchev–Trinajstić information content (AvgIpc) is 3.17. The fourth-order valence-corrected chi connectivity index (χ4v) is 6.39. The van der Waals surface area contributed by atoms with Crippen LogP contribution in [0.4, 0.5) is 0 Å². The molecular formula is C44H32N4O4. The molecule has 52 heavy (non-hydrogen) atoms. The summed E-state index contributed by atoms with van der Waals surface area (Å²) in [5.74, 6) is 0.216. The van der Waals surface area contributed by atoms with E-state index in [1.807, 2.05) is 66.7 Å². The molecule has 1 aliphatic carbocycles. The molecule has 0 saturated carbocycles. The van der Waals surface area contributed by atoms with Crippen molar-refractivity contribution in [2.24, 2.45) is 0 Å². The van der Waals surface area contributed by atoms with Crippen molar-refractivity contribution < 1.29 is 19.1 Å². The smallest absolute Gasteiger partial charge is 0.308 e. The molecule has 0 amide bonds. The Hall–Kier alpha value is -6.80. The third-order valence-corrected chi connectivity index (χ3v) is 8.81. The van der Waals surface area contributed by atoms with E-state index in [4.69, 9.17) is 29.4 Å². The monoisotopic (exact) mass is 680 g/mol. The van der Waals surface area contributed by atoms with Gasteiger partial charge in [0.05, 0.1) is 44.8 Å². The summed E-state index contributed by atoms with van der Waals surface area (Å²) in [4.78, 5) is 43.6. The van der Waals surface area contributed by atoms with Crippen LogP contribution in [0.1, 0.15) is 32.4 Å². The van der Waals surface area contributed by atoms with Gasteiger partial charge in [-0.15, -0.1) is 0 Å². The number of benzene rings is 5. The van der Waals surface area contributed by atoms with E-state index < -0.39 is 0 Å². The number of carbonyl (C=O) groups excluding carboxylic acids is 2. The molecule has 0 saturated heterocycles. The van der Waals surface area contributed by atoms with Crippen LogP contribution >= 0.6 is 0 Å². The number of aromatic nitrogens is 4. The second-order valence-corrected chi connectivity index (χ2v) is 12.5. The molecule has 5 aromatic carbocycles. The van der Waals surface area contributed by atoms with Gasteiger partial charge in [0.2, 0.25) is 0 Å². The van der Waals surface area contributed by atoms with Gasteiger partial charge in [-0.2, -0.15) is 0 Å². The van der Waals surface area contributed by atoms with Crippen LogP contribution in [0.3, 0.4) is 0 Å². The van der Waals surface area contributed by atoms with Gasteiger partial charge in [0, 0.05) is 30.5 Å². The predicted molar refractivity (Wildman–Crippen MR) is 203 cm³/mol. The Balaban J connectivity index is 1.21. The van der Waals surface area contributed by atoms with Gasteiger partial charge in [0.25, 0.3) is 0 Å². The van der Waals surface area contributed by atoms with E-state index in [1.54, 1.807) is 24.3 Å². The van der Waals surface area contributed by atoms with E-state index in [9.17, 15) is 9.59 Å². The lowest BCUT2D eigenvalue weighted by Crippen LogP contribution is -2.02. The number of esters is 2. The van der Waals surface area contributed by atoms with Gasteiger partial charge < -0.3 is 9.47 Å². The van der Waals surface area contributed by atoms with Crippen molar-refractivity contribution in [2.45, 2.75) is 26.7 Å². The summed E-state index contributed by atoms with van der Waals surface area (Å²) in [5.41, 5.74) is 11.9. The van der Waals surface area contributed by atoms with E-state index in [0.29, 0.717) is 11.5 Å². The third kappa shape index (κ3) is 6.69. The number of rotatable bonds is 7. The van der Waals surface area contributed by atoms with Crippen molar-refractivity contribution in [1.29, 1.82) is 0 Å². The number of hydrogen-bond donors (Lipinski definition) is 0. The van der Waals surface area contributed by atoms with Crippen LogP contribution in [-0.4, -0.2) is 31.9 Å². The summed E-state index contributed by atoms with van der Waals surface area (Å²) in [6.45, 7) is 2.77. The van der Waals surface area contributed by atoms with Gasteiger partial charge in [-0.25, -0.2) is 19.9 Å². The second-order valence-electron chi connectivity index (χ2n) is 12.5. The van der Waals surface area contributed by atoms with Gasteiger partial charge in [0.15, 0.2) is 0 Å².